The van der Waals surface area contributed by atoms with Gasteiger partial charge in [0.1, 0.15) is 6.10 Å². The average molecular weight is 161 g/mol. The number of carbonyl (C=O) groups excluding carboxylic acids is 1. The largest absolute Gasteiger partial charge is 0.458 e. The van der Waals surface area contributed by atoms with Crippen LogP contribution in [-0.4, -0.2) is 47.1 Å². The average Bonchev–Trinajstić information content (AvgIpc) is 2.30. The van der Waals surface area contributed by atoms with Crippen molar-refractivity contribution in [3.05, 3.63) is 0 Å². The topological polar surface area (TPSA) is 70.0 Å². The Bertz CT molecular complexity index is 159. The van der Waals surface area contributed by atoms with Gasteiger partial charge in [-0.1, -0.05) is 0 Å². The van der Waals surface area contributed by atoms with Crippen molar-refractivity contribution in [3.63, 3.8) is 0 Å². The van der Waals surface area contributed by atoms with Crippen molar-refractivity contribution in [1.82, 2.24) is 5.06 Å². The Hall–Kier alpha value is -0.650. The van der Waals surface area contributed by atoms with Crippen LogP contribution in [0.4, 0.5) is 0 Å². The Kier molecular flexibility index (Phi) is 2.43. The Morgan fingerprint density at radius 2 is 2.45 bits per heavy atom. The summed E-state index contributed by atoms with van der Waals surface area (Å²) in [6.45, 7) is -0.249. The quantitative estimate of drug-likeness (QED) is 0.401. The smallest absolute Gasteiger partial charge is 0.308 e. The molecule has 0 radical (unpaired) electrons. The number of rotatable bonds is 2. The number of ether oxygens (including phenoxy) is 1. The maximum absolute atomic E-state index is 10.7. The molecule has 1 saturated heterocycles. The summed E-state index contributed by atoms with van der Waals surface area (Å²) in [5, 5.41) is 18.5. The van der Waals surface area contributed by atoms with Crippen molar-refractivity contribution < 1.29 is 19.8 Å². The highest BCUT2D eigenvalue weighted by Crippen LogP contribution is 2.17. The van der Waals surface area contributed by atoms with Crippen molar-refractivity contribution >= 4 is 5.97 Å². The molecule has 5 heteroatoms. The molecule has 1 aliphatic heterocycles. The van der Waals surface area contributed by atoms with E-state index in [0.717, 1.165) is 5.06 Å². The highest BCUT2D eigenvalue weighted by atomic mass is 16.6. The van der Waals surface area contributed by atoms with E-state index < -0.39 is 12.1 Å². The van der Waals surface area contributed by atoms with Crippen LogP contribution in [0.1, 0.15) is 6.42 Å². The molecular weight excluding hydrogens is 150 g/mol. The van der Waals surface area contributed by atoms with Crippen LogP contribution >= 0.6 is 0 Å². The Morgan fingerprint density at radius 1 is 1.82 bits per heavy atom. The highest BCUT2D eigenvalue weighted by Gasteiger charge is 2.36. The van der Waals surface area contributed by atoms with Gasteiger partial charge in [0, 0.05) is 7.05 Å². The molecule has 5 nitrogen and oxygen atoms in total. The van der Waals surface area contributed by atoms with E-state index >= 15 is 0 Å². The Morgan fingerprint density at radius 3 is 2.82 bits per heavy atom. The third-order valence-electron chi connectivity index (χ3n) is 1.75. The number of cyclic esters (lactones) is 1. The van der Waals surface area contributed by atoms with Gasteiger partial charge < -0.3 is 15.1 Å². The third-order valence-corrected chi connectivity index (χ3v) is 1.75. The summed E-state index contributed by atoms with van der Waals surface area (Å²) in [6.07, 6.45) is -0.449. The van der Waals surface area contributed by atoms with Crippen molar-refractivity contribution in [1.29, 1.82) is 0 Å². The van der Waals surface area contributed by atoms with Crippen LogP contribution in [0.5, 0.6) is 0 Å². The molecule has 0 spiro atoms. The summed E-state index contributed by atoms with van der Waals surface area (Å²) in [6, 6.07) is -0.410. The molecule has 0 amide bonds. The first kappa shape index (κ1) is 8.45. The molecule has 1 aliphatic rings. The third kappa shape index (κ3) is 1.68. The van der Waals surface area contributed by atoms with Crippen LogP contribution < -0.4 is 0 Å². The first-order valence-electron chi connectivity index (χ1n) is 3.37. The van der Waals surface area contributed by atoms with Gasteiger partial charge in [0.05, 0.1) is 19.1 Å². The first-order chi connectivity index (χ1) is 5.15. The summed E-state index contributed by atoms with van der Waals surface area (Å²) >= 11 is 0. The molecule has 2 unspecified atom stereocenters. The van der Waals surface area contributed by atoms with E-state index in [-0.39, 0.29) is 19.0 Å². The zero-order valence-electron chi connectivity index (χ0n) is 6.23. The number of carbonyl (C=O) groups is 1. The van der Waals surface area contributed by atoms with Gasteiger partial charge in [-0.25, -0.2) is 0 Å². The number of nitrogens with zero attached hydrogens (tertiary/aromatic N) is 1. The van der Waals surface area contributed by atoms with Crippen molar-refractivity contribution in [3.8, 4) is 0 Å². The molecule has 0 aromatic carbocycles. The first-order valence-corrected chi connectivity index (χ1v) is 3.37. The maximum Gasteiger partial charge on any atom is 0.308 e. The Balaban J connectivity index is 2.57. The second kappa shape index (κ2) is 3.17. The highest BCUT2D eigenvalue weighted by molar-refractivity contribution is 5.72. The van der Waals surface area contributed by atoms with E-state index in [0.29, 0.717) is 0 Å². The minimum absolute atomic E-state index is 0.137. The minimum atomic E-state index is -0.586. The van der Waals surface area contributed by atoms with Crippen LogP contribution in [-0.2, 0) is 9.53 Å². The Labute approximate surface area is 64.1 Å². The number of esters is 1. The second-order valence-corrected chi connectivity index (χ2v) is 2.56. The number of aliphatic hydroxyl groups is 1. The molecule has 2 N–H and O–H groups in total. The lowest BCUT2D eigenvalue weighted by Crippen LogP contribution is -2.37. The van der Waals surface area contributed by atoms with Gasteiger partial charge in [-0.2, -0.15) is 5.06 Å². The standard InChI is InChI=1S/C6H11NO4/c1-7(10)4-2-6(9)11-5(4)3-8/h4-5,8,10H,2-3H2,1H3. The molecule has 1 rings (SSSR count). The van der Waals surface area contributed by atoms with Gasteiger partial charge in [-0.3, -0.25) is 4.79 Å². The molecule has 2 atom stereocenters. The minimum Gasteiger partial charge on any atom is -0.458 e. The zero-order valence-corrected chi connectivity index (χ0v) is 6.23. The SMILES string of the molecule is CN(O)C1CC(=O)OC1CO. The second-order valence-electron chi connectivity index (χ2n) is 2.56. The molecular formula is C6H11NO4. The molecule has 0 aromatic rings. The lowest BCUT2D eigenvalue weighted by molar-refractivity contribution is -0.145. The predicted molar refractivity (Wildman–Crippen MR) is 34.9 cm³/mol. The van der Waals surface area contributed by atoms with Crippen LogP contribution in [0.25, 0.3) is 0 Å². The van der Waals surface area contributed by atoms with E-state index in [2.05, 4.69) is 0 Å². The number of aliphatic hydroxyl groups excluding tert-OH is 1. The summed E-state index contributed by atoms with van der Waals surface area (Å²) in [7, 11) is 1.43. The summed E-state index contributed by atoms with van der Waals surface area (Å²) in [5.41, 5.74) is 0. The normalized spacial score (nSPS) is 31.1. The van der Waals surface area contributed by atoms with E-state index in [4.69, 9.17) is 15.1 Å². The summed E-state index contributed by atoms with van der Waals surface area (Å²) < 4.78 is 4.69. The van der Waals surface area contributed by atoms with Crippen LogP contribution in [0.15, 0.2) is 0 Å². The van der Waals surface area contributed by atoms with E-state index in [1.165, 1.54) is 7.05 Å². The fourth-order valence-corrected chi connectivity index (χ4v) is 1.13. The lowest BCUT2D eigenvalue weighted by atomic mass is 10.1. The number of hydrogen-bond donors (Lipinski definition) is 2. The fourth-order valence-electron chi connectivity index (χ4n) is 1.13. The van der Waals surface area contributed by atoms with Gasteiger partial charge in [0.2, 0.25) is 0 Å². The van der Waals surface area contributed by atoms with Crippen LogP contribution in [0.3, 0.4) is 0 Å². The fraction of sp³-hybridized carbons (Fsp3) is 0.833. The van der Waals surface area contributed by atoms with Gasteiger partial charge in [0.15, 0.2) is 0 Å². The maximum atomic E-state index is 10.7. The number of hydrogen-bond acceptors (Lipinski definition) is 5. The molecule has 0 saturated carbocycles. The molecule has 1 heterocycles. The van der Waals surface area contributed by atoms with E-state index in [1.807, 2.05) is 0 Å². The number of likely N-dealkylation sites (N-methyl/N-ethyl adjacent to an activating group) is 1. The predicted octanol–water partition coefficient (Wildman–Crippen LogP) is -1.02. The molecule has 11 heavy (non-hydrogen) atoms. The van der Waals surface area contributed by atoms with Gasteiger partial charge in [-0.15, -0.1) is 0 Å². The lowest BCUT2D eigenvalue weighted by Gasteiger charge is -2.19. The zero-order chi connectivity index (χ0) is 8.43. The van der Waals surface area contributed by atoms with Gasteiger partial charge in [-0.05, 0) is 0 Å². The molecule has 0 aromatic heterocycles. The molecule has 0 bridgehead atoms. The number of hydroxylamine groups is 2. The van der Waals surface area contributed by atoms with Crippen molar-refractivity contribution in [2.24, 2.45) is 0 Å². The molecule has 0 aliphatic carbocycles. The summed E-state index contributed by atoms with van der Waals surface area (Å²) in [5.74, 6) is -0.380. The van der Waals surface area contributed by atoms with Gasteiger partial charge in [0.25, 0.3) is 0 Å². The van der Waals surface area contributed by atoms with E-state index in [9.17, 15) is 4.79 Å². The van der Waals surface area contributed by atoms with Crippen LogP contribution in [0.2, 0.25) is 0 Å². The summed E-state index contributed by atoms with van der Waals surface area (Å²) in [4.78, 5) is 10.7. The van der Waals surface area contributed by atoms with E-state index in [1.54, 1.807) is 0 Å². The van der Waals surface area contributed by atoms with Crippen LogP contribution in [0, 0.1) is 0 Å². The monoisotopic (exact) mass is 161 g/mol. The van der Waals surface area contributed by atoms with Crippen molar-refractivity contribution in [2.75, 3.05) is 13.7 Å². The van der Waals surface area contributed by atoms with Gasteiger partial charge >= 0.3 is 5.97 Å². The van der Waals surface area contributed by atoms with Crippen molar-refractivity contribution in [2.45, 2.75) is 18.6 Å². The molecule has 1 fully saturated rings. The molecule has 64 valence electrons.